The third kappa shape index (κ3) is 1.98. The lowest BCUT2D eigenvalue weighted by Gasteiger charge is -1.77. The van der Waals surface area contributed by atoms with Crippen LogP contribution in [0.4, 0.5) is 0 Å². The summed E-state index contributed by atoms with van der Waals surface area (Å²) in [6, 6.07) is 1.90. The minimum absolute atomic E-state index is 0.769. The van der Waals surface area contributed by atoms with E-state index in [1.807, 2.05) is 18.2 Å². The van der Waals surface area contributed by atoms with Crippen molar-refractivity contribution in [3.05, 3.63) is 30.2 Å². The van der Waals surface area contributed by atoms with Gasteiger partial charge in [-0.3, -0.25) is 0 Å². The van der Waals surface area contributed by atoms with Crippen molar-refractivity contribution in [3.63, 3.8) is 0 Å². The van der Waals surface area contributed by atoms with Crippen LogP contribution in [0.2, 0.25) is 0 Å². The molecule has 0 radical (unpaired) electrons. The normalized spacial score (nSPS) is 10.8. The molecule has 9 heavy (non-hydrogen) atoms. The van der Waals surface area contributed by atoms with Crippen LogP contribution in [-0.4, -0.2) is 5.75 Å². The summed E-state index contributed by atoms with van der Waals surface area (Å²) in [4.78, 5) is 0. The van der Waals surface area contributed by atoms with Crippen LogP contribution >= 0.6 is 12.6 Å². The largest absolute Gasteiger partial charge is 0.472 e. The molecule has 1 heterocycles. The van der Waals surface area contributed by atoms with Crippen LogP contribution in [0.15, 0.2) is 29.1 Å². The topological polar surface area (TPSA) is 13.1 Å². The molecule has 1 nitrogen and oxygen atoms in total. The molecule has 0 saturated carbocycles. The van der Waals surface area contributed by atoms with E-state index in [-0.39, 0.29) is 0 Å². The van der Waals surface area contributed by atoms with Crippen LogP contribution in [0, 0.1) is 0 Å². The third-order valence-electron chi connectivity index (χ3n) is 0.959. The molecule has 1 rings (SSSR count). The minimum Gasteiger partial charge on any atom is -0.472 e. The lowest BCUT2D eigenvalue weighted by atomic mass is 10.3. The molecule has 0 fully saturated rings. The van der Waals surface area contributed by atoms with Crippen LogP contribution in [0.3, 0.4) is 0 Å². The van der Waals surface area contributed by atoms with Gasteiger partial charge in [0.2, 0.25) is 0 Å². The van der Waals surface area contributed by atoms with Crippen LogP contribution < -0.4 is 0 Å². The van der Waals surface area contributed by atoms with Gasteiger partial charge in [0.1, 0.15) is 0 Å². The van der Waals surface area contributed by atoms with Gasteiger partial charge in [-0.15, -0.1) is 0 Å². The van der Waals surface area contributed by atoms with Gasteiger partial charge in [-0.1, -0.05) is 12.2 Å². The van der Waals surface area contributed by atoms with Crippen LogP contribution in [0.1, 0.15) is 5.56 Å². The average molecular weight is 140 g/mol. The summed E-state index contributed by atoms with van der Waals surface area (Å²) in [5.74, 6) is 0.769. The average Bonchev–Trinajstić information content (AvgIpc) is 2.34. The second kappa shape index (κ2) is 3.41. The Hall–Kier alpha value is -0.630. The van der Waals surface area contributed by atoms with Gasteiger partial charge in [0.25, 0.3) is 0 Å². The summed E-state index contributed by atoms with van der Waals surface area (Å²) in [5, 5.41) is 0. The number of thiol groups is 1. The molecule has 0 spiro atoms. The van der Waals surface area contributed by atoms with E-state index >= 15 is 0 Å². The Labute approximate surface area is 59.8 Å². The molecule has 1 aromatic rings. The van der Waals surface area contributed by atoms with E-state index in [4.69, 9.17) is 4.42 Å². The molecule has 2 heteroatoms. The predicted octanol–water partition coefficient (Wildman–Crippen LogP) is 2.22. The molecule has 0 bridgehead atoms. The van der Waals surface area contributed by atoms with Gasteiger partial charge in [0, 0.05) is 11.3 Å². The first-order valence-electron chi connectivity index (χ1n) is 2.73. The molecule has 0 aliphatic heterocycles. The van der Waals surface area contributed by atoms with E-state index in [1.54, 1.807) is 12.5 Å². The lowest BCUT2D eigenvalue weighted by molar-refractivity contribution is 0.567. The second-order valence-corrected chi connectivity index (χ2v) is 2.01. The van der Waals surface area contributed by atoms with Crippen LogP contribution in [0.25, 0.3) is 6.08 Å². The highest BCUT2D eigenvalue weighted by Gasteiger charge is 1.82. The molecule has 0 N–H and O–H groups in total. The second-order valence-electron chi connectivity index (χ2n) is 1.64. The number of hydrogen-bond acceptors (Lipinski definition) is 2. The zero-order chi connectivity index (χ0) is 6.53. The van der Waals surface area contributed by atoms with Crippen LogP contribution in [0.5, 0.6) is 0 Å². The number of hydrogen-bond donors (Lipinski definition) is 1. The molecule has 0 amide bonds. The molecule has 0 aliphatic carbocycles. The Bertz CT molecular complexity index is 177. The fraction of sp³-hybridized carbons (Fsp3) is 0.143. The van der Waals surface area contributed by atoms with Crippen molar-refractivity contribution in [1.82, 2.24) is 0 Å². The summed E-state index contributed by atoms with van der Waals surface area (Å²) in [5.41, 5.74) is 1.09. The van der Waals surface area contributed by atoms with Crippen molar-refractivity contribution in [1.29, 1.82) is 0 Å². The fourth-order valence-corrected chi connectivity index (χ4v) is 0.664. The lowest BCUT2D eigenvalue weighted by Crippen LogP contribution is -1.60. The Morgan fingerprint density at radius 1 is 1.67 bits per heavy atom. The van der Waals surface area contributed by atoms with Gasteiger partial charge in [0.15, 0.2) is 0 Å². The maximum Gasteiger partial charge on any atom is 0.0974 e. The quantitative estimate of drug-likeness (QED) is 0.621. The molecule has 0 aliphatic rings. The zero-order valence-electron chi connectivity index (χ0n) is 4.95. The first kappa shape index (κ1) is 6.49. The van der Waals surface area contributed by atoms with Gasteiger partial charge >= 0.3 is 0 Å². The van der Waals surface area contributed by atoms with Gasteiger partial charge in [-0.25, -0.2) is 0 Å². The van der Waals surface area contributed by atoms with E-state index in [0.717, 1.165) is 11.3 Å². The summed E-state index contributed by atoms with van der Waals surface area (Å²) in [6.07, 6.45) is 7.28. The van der Waals surface area contributed by atoms with E-state index in [2.05, 4.69) is 12.6 Å². The zero-order valence-corrected chi connectivity index (χ0v) is 5.84. The number of furan rings is 1. The standard InChI is InChI=1S/C7H8OS/c9-5-1-2-7-3-4-8-6-7/h1-4,6,9H,5H2. The van der Waals surface area contributed by atoms with E-state index in [1.165, 1.54) is 0 Å². The third-order valence-corrected chi connectivity index (χ3v) is 1.17. The molecule has 48 valence electrons. The summed E-state index contributed by atoms with van der Waals surface area (Å²) in [6.45, 7) is 0. The molecule has 0 aromatic carbocycles. The SMILES string of the molecule is SCC=Cc1ccoc1. The smallest absolute Gasteiger partial charge is 0.0974 e. The van der Waals surface area contributed by atoms with Gasteiger partial charge < -0.3 is 4.42 Å². The Morgan fingerprint density at radius 2 is 2.56 bits per heavy atom. The van der Waals surface area contributed by atoms with Crippen molar-refractivity contribution < 1.29 is 4.42 Å². The molecule has 1 aromatic heterocycles. The van der Waals surface area contributed by atoms with E-state index in [0.29, 0.717) is 0 Å². The highest BCUT2D eigenvalue weighted by molar-refractivity contribution is 7.80. The highest BCUT2D eigenvalue weighted by Crippen LogP contribution is 2.01. The summed E-state index contributed by atoms with van der Waals surface area (Å²) >= 11 is 4.01. The molecular weight excluding hydrogens is 132 g/mol. The minimum atomic E-state index is 0.769. The van der Waals surface area contributed by atoms with Crippen molar-refractivity contribution in [2.24, 2.45) is 0 Å². The Kier molecular flexibility index (Phi) is 2.46. The first-order valence-corrected chi connectivity index (χ1v) is 3.36. The monoisotopic (exact) mass is 140 g/mol. The van der Waals surface area contributed by atoms with Crippen molar-refractivity contribution in [3.8, 4) is 0 Å². The highest BCUT2D eigenvalue weighted by atomic mass is 32.1. The Morgan fingerprint density at radius 3 is 3.11 bits per heavy atom. The van der Waals surface area contributed by atoms with Crippen LogP contribution in [-0.2, 0) is 0 Å². The summed E-state index contributed by atoms with van der Waals surface area (Å²) < 4.78 is 4.84. The fourth-order valence-electron chi connectivity index (χ4n) is 0.559. The Balaban J connectivity index is 2.57. The molecule has 0 unspecified atom stereocenters. The molecule has 0 saturated heterocycles. The van der Waals surface area contributed by atoms with Gasteiger partial charge in [0.05, 0.1) is 12.5 Å². The molecule has 0 atom stereocenters. The predicted molar refractivity (Wildman–Crippen MR) is 41.6 cm³/mol. The molecular formula is C7H8OS. The van der Waals surface area contributed by atoms with Crippen molar-refractivity contribution >= 4 is 18.7 Å². The van der Waals surface area contributed by atoms with Gasteiger partial charge in [-0.05, 0) is 6.07 Å². The number of rotatable bonds is 2. The maximum absolute atomic E-state index is 4.84. The van der Waals surface area contributed by atoms with Gasteiger partial charge in [-0.2, -0.15) is 12.6 Å². The van der Waals surface area contributed by atoms with E-state index in [9.17, 15) is 0 Å². The van der Waals surface area contributed by atoms with E-state index < -0.39 is 0 Å². The first-order chi connectivity index (χ1) is 4.43. The van der Waals surface area contributed by atoms with Crippen molar-refractivity contribution in [2.45, 2.75) is 0 Å². The van der Waals surface area contributed by atoms with Crippen molar-refractivity contribution in [2.75, 3.05) is 5.75 Å². The summed E-state index contributed by atoms with van der Waals surface area (Å²) in [7, 11) is 0. The maximum atomic E-state index is 4.84.